The van der Waals surface area contributed by atoms with Gasteiger partial charge in [0.1, 0.15) is 11.0 Å². The molecule has 2 aromatic heterocycles. The quantitative estimate of drug-likeness (QED) is 0.562. The minimum Gasteiger partial charge on any atom is -0.390 e. The van der Waals surface area contributed by atoms with Crippen molar-refractivity contribution in [1.29, 1.82) is 0 Å². The third kappa shape index (κ3) is 2.53. The molecule has 2 N–H and O–H groups in total. The summed E-state index contributed by atoms with van der Waals surface area (Å²) in [6, 6.07) is 4.09. The van der Waals surface area contributed by atoms with E-state index in [0.29, 0.717) is 17.7 Å². The highest BCUT2D eigenvalue weighted by molar-refractivity contribution is 6.29. The number of aliphatic hydroxyl groups is 1. The van der Waals surface area contributed by atoms with Crippen LogP contribution in [0.2, 0.25) is 5.15 Å². The summed E-state index contributed by atoms with van der Waals surface area (Å²) in [5.41, 5.74) is -2.75. The predicted octanol–water partition coefficient (Wildman–Crippen LogP) is 3.09. The SMILES string of the molecule is O=C(Nc1cc(C(F)(F)F)cc(Cl)n1)[C@]12C[C@@]1(c1ccnc(F)c1)[C@H]1O[C@@H]2C[C@@H]1O. The van der Waals surface area contributed by atoms with Gasteiger partial charge in [0.2, 0.25) is 11.9 Å². The zero-order valence-corrected chi connectivity index (χ0v) is 15.8. The molecular formula is C19H14ClF4N3O3. The number of amides is 1. The Bertz CT molecular complexity index is 1070. The second kappa shape index (κ2) is 6.12. The number of alkyl halides is 3. The molecule has 2 aliphatic heterocycles. The number of anilines is 1. The molecule has 1 saturated carbocycles. The molecule has 3 fully saturated rings. The van der Waals surface area contributed by atoms with E-state index in [2.05, 4.69) is 15.3 Å². The van der Waals surface area contributed by atoms with Crippen LogP contribution in [0.15, 0.2) is 30.5 Å². The molecule has 0 aromatic carbocycles. The number of aromatic nitrogens is 2. The number of hydrogen-bond acceptors (Lipinski definition) is 5. The Hall–Kier alpha value is -2.30. The molecule has 3 aliphatic rings. The van der Waals surface area contributed by atoms with E-state index in [-0.39, 0.29) is 18.7 Å². The van der Waals surface area contributed by atoms with Crippen LogP contribution < -0.4 is 5.32 Å². The first kappa shape index (κ1) is 19.7. The fourth-order valence-corrected chi connectivity index (χ4v) is 5.37. The van der Waals surface area contributed by atoms with Crippen molar-refractivity contribution in [3.63, 3.8) is 0 Å². The highest BCUT2D eigenvalue weighted by Crippen LogP contribution is 2.77. The van der Waals surface area contributed by atoms with Crippen molar-refractivity contribution in [3.8, 4) is 0 Å². The van der Waals surface area contributed by atoms with E-state index in [1.165, 1.54) is 12.3 Å². The van der Waals surface area contributed by atoms with Gasteiger partial charge in [-0.25, -0.2) is 9.97 Å². The largest absolute Gasteiger partial charge is 0.416 e. The van der Waals surface area contributed by atoms with Gasteiger partial charge in [-0.15, -0.1) is 0 Å². The summed E-state index contributed by atoms with van der Waals surface area (Å²) in [5, 5.41) is 12.3. The number of nitrogens with zero attached hydrogens (tertiary/aromatic N) is 2. The molecule has 0 unspecified atom stereocenters. The Morgan fingerprint density at radius 1 is 1.33 bits per heavy atom. The number of rotatable bonds is 3. The van der Waals surface area contributed by atoms with Crippen LogP contribution in [0.5, 0.6) is 0 Å². The summed E-state index contributed by atoms with van der Waals surface area (Å²) < 4.78 is 58.8. The summed E-state index contributed by atoms with van der Waals surface area (Å²) in [7, 11) is 0. The lowest BCUT2D eigenvalue weighted by molar-refractivity contribution is -0.137. The minimum atomic E-state index is -4.66. The first-order valence-corrected chi connectivity index (χ1v) is 9.47. The molecule has 1 amide bonds. The summed E-state index contributed by atoms with van der Waals surface area (Å²) in [5.74, 6) is -1.70. The lowest BCUT2D eigenvalue weighted by Gasteiger charge is -2.29. The lowest BCUT2D eigenvalue weighted by Crippen LogP contribution is -2.44. The first-order valence-electron chi connectivity index (χ1n) is 9.10. The van der Waals surface area contributed by atoms with Crippen molar-refractivity contribution in [2.24, 2.45) is 5.41 Å². The van der Waals surface area contributed by atoms with Gasteiger partial charge in [0.05, 0.1) is 29.3 Å². The molecule has 1 aliphatic carbocycles. The number of carbonyl (C=O) groups excluding carboxylic acids is 1. The van der Waals surface area contributed by atoms with E-state index < -0.39 is 57.9 Å². The molecule has 2 bridgehead atoms. The van der Waals surface area contributed by atoms with Gasteiger partial charge in [0, 0.05) is 18.0 Å². The van der Waals surface area contributed by atoms with Crippen molar-refractivity contribution in [2.45, 2.75) is 42.7 Å². The summed E-state index contributed by atoms with van der Waals surface area (Å²) in [6.07, 6.45) is -5.17. The molecule has 2 aromatic rings. The number of ether oxygens (including phenoxy) is 1. The van der Waals surface area contributed by atoms with Gasteiger partial charge >= 0.3 is 6.18 Å². The molecule has 4 heterocycles. The third-order valence-corrected chi connectivity index (χ3v) is 6.58. The summed E-state index contributed by atoms with van der Waals surface area (Å²) in [6.45, 7) is 0. The molecular weight excluding hydrogens is 430 g/mol. The molecule has 0 spiro atoms. The average molecular weight is 444 g/mol. The van der Waals surface area contributed by atoms with Gasteiger partial charge in [-0.05, 0) is 36.2 Å². The Labute approximate surface area is 172 Å². The van der Waals surface area contributed by atoms with Crippen LogP contribution in [0.1, 0.15) is 24.0 Å². The molecule has 5 rings (SSSR count). The van der Waals surface area contributed by atoms with Gasteiger partial charge < -0.3 is 15.2 Å². The molecule has 5 atom stereocenters. The van der Waals surface area contributed by atoms with Crippen LogP contribution in [0.3, 0.4) is 0 Å². The number of hydrogen-bond donors (Lipinski definition) is 2. The van der Waals surface area contributed by atoms with Crippen LogP contribution in [0.4, 0.5) is 23.4 Å². The Morgan fingerprint density at radius 3 is 2.80 bits per heavy atom. The normalized spacial score (nSPS) is 34.0. The topological polar surface area (TPSA) is 84.3 Å². The fraction of sp³-hybridized carbons (Fsp3) is 0.421. The van der Waals surface area contributed by atoms with E-state index >= 15 is 0 Å². The second-order valence-electron chi connectivity index (χ2n) is 7.85. The van der Waals surface area contributed by atoms with E-state index in [4.69, 9.17) is 16.3 Å². The smallest absolute Gasteiger partial charge is 0.390 e. The average Bonchev–Trinajstić information content (AvgIpc) is 3.14. The van der Waals surface area contributed by atoms with Gasteiger partial charge in [0.25, 0.3) is 0 Å². The van der Waals surface area contributed by atoms with Crippen LogP contribution in [0, 0.1) is 11.4 Å². The maximum absolute atomic E-state index is 13.8. The molecule has 2 saturated heterocycles. The molecule has 11 heteroatoms. The third-order valence-electron chi connectivity index (χ3n) is 6.39. The molecule has 6 nitrogen and oxygen atoms in total. The van der Waals surface area contributed by atoms with Gasteiger partial charge in [-0.2, -0.15) is 17.6 Å². The number of nitrogens with one attached hydrogen (secondary N) is 1. The Balaban J connectivity index is 1.51. The zero-order valence-electron chi connectivity index (χ0n) is 15.1. The molecule has 30 heavy (non-hydrogen) atoms. The maximum atomic E-state index is 13.8. The van der Waals surface area contributed by atoms with Crippen molar-refractivity contribution < 1.29 is 32.2 Å². The second-order valence-corrected chi connectivity index (χ2v) is 8.24. The van der Waals surface area contributed by atoms with E-state index in [0.717, 1.165) is 0 Å². The molecule has 0 radical (unpaired) electrons. The number of aliphatic hydroxyl groups excluding tert-OH is 1. The van der Waals surface area contributed by atoms with Crippen molar-refractivity contribution in [2.75, 3.05) is 5.32 Å². The first-order chi connectivity index (χ1) is 14.1. The van der Waals surface area contributed by atoms with E-state index in [1.54, 1.807) is 6.07 Å². The fourth-order valence-electron chi connectivity index (χ4n) is 5.16. The monoisotopic (exact) mass is 443 g/mol. The number of halogens is 5. The Kier molecular flexibility index (Phi) is 4.01. The highest BCUT2D eigenvalue weighted by Gasteiger charge is 2.87. The standard InChI is InChI=1S/C19H14ClF4N3O3/c20-12-3-9(19(22,23)24)5-14(26-12)27-16(29)18-7-17(18,8-1-2-25-13(21)4-8)15-10(28)6-11(18)30-15/h1-5,10-11,15,28H,6-7H2,(H,26,27,29)/t10-,11+,15-,17+,18+/m0/s1. The summed E-state index contributed by atoms with van der Waals surface area (Å²) >= 11 is 5.70. The number of carbonyl (C=O) groups is 1. The van der Waals surface area contributed by atoms with Crippen LogP contribution in [0.25, 0.3) is 0 Å². The van der Waals surface area contributed by atoms with Gasteiger partial charge in [-0.3, -0.25) is 4.79 Å². The highest BCUT2D eigenvalue weighted by atomic mass is 35.5. The van der Waals surface area contributed by atoms with E-state index in [1.807, 2.05) is 0 Å². The predicted molar refractivity (Wildman–Crippen MR) is 95.1 cm³/mol. The van der Waals surface area contributed by atoms with Crippen LogP contribution >= 0.6 is 11.6 Å². The van der Waals surface area contributed by atoms with Crippen molar-refractivity contribution >= 4 is 23.3 Å². The van der Waals surface area contributed by atoms with Crippen LogP contribution in [-0.4, -0.2) is 39.3 Å². The van der Waals surface area contributed by atoms with Gasteiger partial charge in [0.15, 0.2) is 0 Å². The van der Waals surface area contributed by atoms with Gasteiger partial charge in [-0.1, -0.05) is 11.6 Å². The van der Waals surface area contributed by atoms with Crippen LogP contribution in [-0.2, 0) is 21.1 Å². The molecule has 158 valence electrons. The zero-order chi connectivity index (χ0) is 21.5. The number of fused-ring (bicyclic) bond motifs is 5. The summed E-state index contributed by atoms with van der Waals surface area (Å²) in [4.78, 5) is 20.6. The van der Waals surface area contributed by atoms with E-state index in [9.17, 15) is 27.5 Å². The van der Waals surface area contributed by atoms with Crippen molar-refractivity contribution in [1.82, 2.24) is 9.97 Å². The maximum Gasteiger partial charge on any atom is 0.416 e. The minimum absolute atomic E-state index is 0.199. The lowest BCUT2D eigenvalue weighted by atomic mass is 9.74. The number of pyridine rings is 2. The Morgan fingerprint density at radius 2 is 2.10 bits per heavy atom. The van der Waals surface area contributed by atoms with Crippen molar-refractivity contribution in [3.05, 3.63) is 52.7 Å².